The molecule has 0 saturated carbocycles. The van der Waals surface area contributed by atoms with Gasteiger partial charge in [0.2, 0.25) is 5.82 Å². The summed E-state index contributed by atoms with van der Waals surface area (Å²) < 4.78 is 57.7. The molecule has 0 amide bonds. The van der Waals surface area contributed by atoms with Crippen LogP contribution in [0.3, 0.4) is 0 Å². The van der Waals surface area contributed by atoms with Crippen molar-refractivity contribution in [3.8, 4) is 5.75 Å². The largest absolute Gasteiger partial charge is 0.491 e. The van der Waals surface area contributed by atoms with Crippen LogP contribution in [0.4, 0.5) is 17.6 Å². The van der Waals surface area contributed by atoms with Gasteiger partial charge in [-0.1, -0.05) is 30.3 Å². The van der Waals surface area contributed by atoms with Crippen LogP contribution in [0, 0.1) is 11.6 Å². The summed E-state index contributed by atoms with van der Waals surface area (Å²) in [5, 5.41) is 0. The molecule has 0 N–H and O–H groups in total. The standard InChI is InChI=1S/C21H22F4O/c1-2-26-19-13-12-17(20(24)21(19)25)11-10-16-8-6-15(7-9-16)4-3-5-18(23)14-22/h5-9,12-13H,2-4,10-11,14H2,1H3. The molecule has 26 heavy (non-hydrogen) atoms. The van der Waals surface area contributed by atoms with E-state index in [0.29, 0.717) is 31.2 Å². The van der Waals surface area contributed by atoms with Crippen molar-refractivity contribution in [3.05, 3.63) is 76.6 Å². The minimum Gasteiger partial charge on any atom is -0.491 e. The molecular weight excluding hydrogens is 344 g/mol. The van der Waals surface area contributed by atoms with E-state index in [9.17, 15) is 17.6 Å². The second kappa shape index (κ2) is 10.00. The molecule has 1 nitrogen and oxygen atoms in total. The highest BCUT2D eigenvalue weighted by molar-refractivity contribution is 5.32. The van der Waals surface area contributed by atoms with E-state index in [0.717, 1.165) is 11.1 Å². The first-order valence-corrected chi connectivity index (χ1v) is 8.63. The molecule has 0 saturated heterocycles. The van der Waals surface area contributed by atoms with Gasteiger partial charge >= 0.3 is 0 Å². The Bertz CT molecular complexity index is 738. The highest BCUT2D eigenvalue weighted by Gasteiger charge is 2.14. The predicted octanol–water partition coefficient (Wildman–Crippen LogP) is 5.90. The number of halogens is 4. The van der Waals surface area contributed by atoms with Gasteiger partial charge in [-0.2, -0.15) is 4.39 Å². The highest BCUT2D eigenvalue weighted by atomic mass is 19.2. The van der Waals surface area contributed by atoms with Crippen molar-refractivity contribution in [2.45, 2.75) is 32.6 Å². The molecule has 140 valence electrons. The van der Waals surface area contributed by atoms with Crippen LogP contribution in [-0.4, -0.2) is 13.3 Å². The SMILES string of the molecule is CCOc1ccc(CCc2ccc(CCC=C(F)CF)cc2)c(F)c1F. The van der Waals surface area contributed by atoms with E-state index in [1.807, 2.05) is 24.3 Å². The number of hydrogen-bond donors (Lipinski definition) is 0. The van der Waals surface area contributed by atoms with Crippen molar-refractivity contribution < 1.29 is 22.3 Å². The van der Waals surface area contributed by atoms with Crippen molar-refractivity contribution in [2.75, 3.05) is 13.3 Å². The maximum Gasteiger partial charge on any atom is 0.200 e. The van der Waals surface area contributed by atoms with Crippen LogP contribution in [0.5, 0.6) is 5.75 Å². The summed E-state index contributed by atoms with van der Waals surface area (Å²) in [6.45, 7) is 0.919. The van der Waals surface area contributed by atoms with Gasteiger partial charge in [0.15, 0.2) is 11.6 Å². The van der Waals surface area contributed by atoms with Gasteiger partial charge in [0, 0.05) is 0 Å². The second-order valence-corrected chi connectivity index (χ2v) is 5.92. The number of rotatable bonds is 9. The van der Waals surface area contributed by atoms with Crippen LogP contribution in [-0.2, 0) is 19.3 Å². The lowest BCUT2D eigenvalue weighted by Gasteiger charge is -2.09. The van der Waals surface area contributed by atoms with Crippen molar-refractivity contribution in [1.29, 1.82) is 0 Å². The zero-order valence-corrected chi connectivity index (χ0v) is 14.7. The zero-order valence-electron chi connectivity index (χ0n) is 14.7. The summed E-state index contributed by atoms with van der Waals surface area (Å²) in [5.74, 6) is -2.63. The van der Waals surface area contributed by atoms with Crippen LogP contribution >= 0.6 is 0 Å². The lowest BCUT2D eigenvalue weighted by Crippen LogP contribution is -2.02. The van der Waals surface area contributed by atoms with E-state index >= 15 is 0 Å². The smallest absolute Gasteiger partial charge is 0.200 e. The maximum absolute atomic E-state index is 14.1. The van der Waals surface area contributed by atoms with Gasteiger partial charge in [-0.3, -0.25) is 0 Å². The quantitative estimate of drug-likeness (QED) is 0.502. The fourth-order valence-electron chi connectivity index (χ4n) is 2.63. The van der Waals surface area contributed by atoms with Crippen LogP contribution in [0.2, 0.25) is 0 Å². The molecule has 0 aliphatic carbocycles. The minimum absolute atomic E-state index is 0.0728. The Morgan fingerprint density at radius 3 is 2.19 bits per heavy atom. The molecule has 0 aromatic heterocycles. The molecule has 0 unspecified atom stereocenters. The number of aryl methyl sites for hydroxylation is 3. The van der Waals surface area contributed by atoms with Gasteiger partial charge in [0.25, 0.3) is 0 Å². The molecule has 0 radical (unpaired) electrons. The molecule has 0 atom stereocenters. The molecule has 0 spiro atoms. The summed E-state index contributed by atoms with van der Waals surface area (Å²) in [7, 11) is 0. The van der Waals surface area contributed by atoms with Gasteiger partial charge in [-0.25, -0.2) is 13.2 Å². The highest BCUT2D eigenvalue weighted by Crippen LogP contribution is 2.24. The van der Waals surface area contributed by atoms with E-state index < -0.39 is 24.1 Å². The Morgan fingerprint density at radius 2 is 1.58 bits per heavy atom. The Labute approximate surface area is 151 Å². The first kappa shape index (κ1) is 20.0. The fraction of sp³-hybridized carbons (Fsp3) is 0.333. The van der Waals surface area contributed by atoms with Gasteiger partial charge < -0.3 is 4.74 Å². The molecule has 2 aromatic carbocycles. The first-order valence-electron chi connectivity index (χ1n) is 8.63. The van der Waals surface area contributed by atoms with Crippen LogP contribution in [0.1, 0.15) is 30.0 Å². The Balaban J connectivity index is 1.93. The van der Waals surface area contributed by atoms with Gasteiger partial charge in [0.1, 0.15) is 12.5 Å². The van der Waals surface area contributed by atoms with Gasteiger partial charge in [0.05, 0.1) is 6.61 Å². The third-order valence-electron chi connectivity index (χ3n) is 4.06. The summed E-state index contributed by atoms with van der Waals surface area (Å²) in [5.41, 5.74) is 2.31. The van der Waals surface area contributed by atoms with Crippen molar-refractivity contribution in [2.24, 2.45) is 0 Å². The Morgan fingerprint density at radius 1 is 0.923 bits per heavy atom. The summed E-state index contributed by atoms with van der Waals surface area (Å²) in [6, 6.07) is 10.6. The van der Waals surface area contributed by atoms with E-state index in [4.69, 9.17) is 4.74 Å². The topological polar surface area (TPSA) is 9.23 Å². The van der Waals surface area contributed by atoms with Gasteiger partial charge in [-0.05, 0) is 61.4 Å². The predicted molar refractivity (Wildman–Crippen MR) is 94.9 cm³/mol. The normalized spacial score (nSPS) is 11.7. The summed E-state index contributed by atoms with van der Waals surface area (Å²) in [6.07, 6.45) is 3.25. The van der Waals surface area contributed by atoms with E-state index in [2.05, 4.69) is 0 Å². The molecule has 5 heteroatoms. The average Bonchev–Trinajstić information content (AvgIpc) is 2.66. The third kappa shape index (κ3) is 5.61. The minimum atomic E-state index is -1.07. The number of benzene rings is 2. The Kier molecular flexibility index (Phi) is 7.70. The average molecular weight is 366 g/mol. The number of allylic oxidation sites excluding steroid dienone is 2. The third-order valence-corrected chi connectivity index (χ3v) is 4.06. The van der Waals surface area contributed by atoms with Crippen LogP contribution in [0.25, 0.3) is 0 Å². The molecule has 0 fully saturated rings. The van der Waals surface area contributed by atoms with E-state index in [1.54, 1.807) is 13.0 Å². The molecule has 0 bridgehead atoms. The maximum atomic E-state index is 14.1. The van der Waals surface area contributed by atoms with Crippen molar-refractivity contribution in [1.82, 2.24) is 0 Å². The van der Waals surface area contributed by atoms with Crippen LogP contribution in [0.15, 0.2) is 48.3 Å². The summed E-state index contributed by atoms with van der Waals surface area (Å²) >= 11 is 0. The molecule has 2 aromatic rings. The van der Waals surface area contributed by atoms with Crippen molar-refractivity contribution in [3.63, 3.8) is 0 Å². The number of alkyl halides is 1. The lowest BCUT2D eigenvalue weighted by molar-refractivity contribution is 0.313. The molecule has 0 heterocycles. The lowest BCUT2D eigenvalue weighted by atomic mass is 10.0. The van der Waals surface area contributed by atoms with Crippen molar-refractivity contribution >= 4 is 0 Å². The zero-order chi connectivity index (χ0) is 18.9. The van der Waals surface area contributed by atoms with E-state index in [-0.39, 0.29) is 12.4 Å². The number of ether oxygens (including phenoxy) is 1. The van der Waals surface area contributed by atoms with E-state index in [1.165, 1.54) is 12.1 Å². The molecule has 0 aliphatic rings. The summed E-state index contributed by atoms with van der Waals surface area (Å²) in [4.78, 5) is 0. The number of hydrogen-bond acceptors (Lipinski definition) is 1. The Hall–Kier alpha value is -2.30. The van der Waals surface area contributed by atoms with Crippen LogP contribution < -0.4 is 4.74 Å². The first-order chi connectivity index (χ1) is 12.5. The monoisotopic (exact) mass is 366 g/mol. The molecule has 2 rings (SSSR count). The second-order valence-electron chi connectivity index (χ2n) is 5.92. The van der Waals surface area contributed by atoms with Gasteiger partial charge in [-0.15, -0.1) is 0 Å². The molecular formula is C21H22F4O. The molecule has 0 aliphatic heterocycles. The fourth-order valence-corrected chi connectivity index (χ4v) is 2.63.